The van der Waals surface area contributed by atoms with Crippen molar-refractivity contribution in [1.29, 1.82) is 0 Å². The lowest BCUT2D eigenvalue weighted by atomic mass is 9.96. The molecule has 0 saturated heterocycles. The molecule has 1 aliphatic carbocycles. The largest absolute Gasteiger partial charge is 0.357 e. The van der Waals surface area contributed by atoms with E-state index in [-0.39, 0.29) is 5.41 Å². The van der Waals surface area contributed by atoms with E-state index in [4.69, 9.17) is 4.99 Å². The van der Waals surface area contributed by atoms with Crippen LogP contribution in [0.4, 0.5) is 0 Å². The molecule has 0 aromatic heterocycles. The fourth-order valence-corrected chi connectivity index (χ4v) is 3.91. The number of nitrogens with one attached hydrogen (secondary N) is 2. The van der Waals surface area contributed by atoms with Crippen LogP contribution in [0, 0.1) is 0 Å². The second-order valence-electron chi connectivity index (χ2n) is 7.43. The predicted octanol–water partition coefficient (Wildman–Crippen LogP) is 2.92. The average Bonchev–Trinajstić information content (AvgIpc) is 3.48. The molecule has 1 aliphatic rings. The molecule has 3 rings (SSSR count). The van der Waals surface area contributed by atoms with Crippen LogP contribution in [0.25, 0.3) is 0 Å². The molecule has 0 unspecified atom stereocenters. The molecule has 150 valence electrons. The second kappa shape index (κ2) is 8.78. The van der Waals surface area contributed by atoms with Crippen LogP contribution in [0.3, 0.4) is 0 Å². The van der Waals surface area contributed by atoms with Gasteiger partial charge in [0.2, 0.25) is 0 Å². The van der Waals surface area contributed by atoms with E-state index in [1.807, 2.05) is 12.1 Å². The van der Waals surface area contributed by atoms with Crippen molar-refractivity contribution in [3.63, 3.8) is 0 Å². The van der Waals surface area contributed by atoms with Gasteiger partial charge in [0.25, 0.3) is 0 Å². The highest BCUT2D eigenvalue weighted by Gasteiger charge is 2.43. The summed E-state index contributed by atoms with van der Waals surface area (Å²) < 4.78 is 23.1. The van der Waals surface area contributed by atoms with Gasteiger partial charge in [-0.05, 0) is 49.4 Å². The van der Waals surface area contributed by atoms with Crippen molar-refractivity contribution in [2.45, 2.75) is 36.5 Å². The second-order valence-corrected chi connectivity index (χ2v) is 9.45. The molecule has 2 aromatic rings. The van der Waals surface area contributed by atoms with Crippen molar-refractivity contribution in [1.82, 2.24) is 10.6 Å². The van der Waals surface area contributed by atoms with Gasteiger partial charge in [0.15, 0.2) is 15.8 Å². The highest BCUT2D eigenvalue weighted by atomic mass is 32.2. The number of guanidine groups is 1. The number of hydrogen-bond acceptors (Lipinski definition) is 3. The summed E-state index contributed by atoms with van der Waals surface area (Å²) in [6.07, 6.45) is 4.41. The Hall–Kier alpha value is -2.34. The maximum Gasteiger partial charge on any atom is 0.191 e. The Kier molecular flexibility index (Phi) is 6.39. The zero-order valence-corrected chi connectivity index (χ0v) is 17.4. The van der Waals surface area contributed by atoms with Gasteiger partial charge in [0.1, 0.15) is 0 Å². The Balaban J connectivity index is 1.55. The van der Waals surface area contributed by atoms with Crippen molar-refractivity contribution in [3.05, 3.63) is 65.7 Å². The summed E-state index contributed by atoms with van der Waals surface area (Å²) in [4.78, 5) is 5.17. The SMILES string of the molecule is CCNC(=NCC1(c2ccccc2)CC1)NCCc1ccc(S(C)(=O)=O)cc1. The number of sulfone groups is 1. The lowest BCUT2D eigenvalue weighted by Crippen LogP contribution is -2.39. The molecule has 6 heteroatoms. The Labute approximate surface area is 168 Å². The Bertz CT molecular complexity index is 903. The molecule has 0 radical (unpaired) electrons. The van der Waals surface area contributed by atoms with Crippen molar-refractivity contribution < 1.29 is 8.42 Å². The molecule has 0 amide bonds. The average molecular weight is 400 g/mol. The van der Waals surface area contributed by atoms with E-state index in [1.165, 1.54) is 24.7 Å². The topological polar surface area (TPSA) is 70.6 Å². The highest BCUT2D eigenvalue weighted by molar-refractivity contribution is 7.90. The van der Waals surface area contributed by atoms with E-state index in [0.717, 1.165) is 37.6 Å². The van der Waals surface area contributed by atoms with Crippen LogP contribution in [0.5, 0.6) is 0 Å². The third-order valence-electron chi connectivity index (χ3n) is 5.18. The molecule has 0 bridgehead atoms. The Morgan fingerprint density at radius 1 is 1.04 bits per heavy atom. The highest BCUT2D eigenvalue weighted by Crippen LogP contribution is 2.48. The molecule has 2 N–H and O–H groups in total. The van der Waals surface area contributed by atoms with Gasteiger partial charge in [0, 0.05) is 24.8 Å². The quantitative estimate of drug-likeness (QED) is 0.529. The Morgan fingerprint density at radius 3 is 2.29 bits per heavy atom. The molecule has 0 spiro atoms. The zero-order valence-electron chi connectivity index (χ0n) is 16.6. The molecule has 1 fully saturated rings. The first kappa shape index (κ1) is 20.4. The van der Waals surface area contributed by atoms with Crippen molar-refractivity contribution in [2.24, 2.45) is 4.99 Å². The summed E-state index contributed by atoms with van der Waals surface area (Å²) in [7, 11) is -3.14. The van der Waals surface area contributed by atoms with E-state index >= 15 is 0 Å². The monoisotopic (exact) mass is 399 g/mol. The molecule has 0 atom stereocenters. The number of hydrogen-bond donors (Lipinski definition) is 2. The third-order valence-corrected chi connectivity index (χ3v) is 6.31. The molecular formula is C22H29N3O2S. The van der Waals surface area contributed by atoms with Gasteiger partial charge >= 0.3 is 0 Å². The van der Waals surface area contributed by atoms with Crippen LogP contribution in [-0.4, -0.2) is 40.3 Å². The van der Waals surface area contributed by atoms with E-state index in [9.17, 15) is 8.42 Å². The number of rotatable bonds is 8. The lowest BCUT2D eigenvalue weighted by Gasteiger charge is -2.16. The molecular weight excluding hydrogens is 370 g/mol. The predicted molar refractivity (Wildman–Crippen MR) is 115 cm³/mol. The van der Waals surface area contributed by atoms with Gasteiger partial charge in [-0.15, -0.1) is 0 Å². The summed E-state index contributed by atoms with van der Waals surface area (Å²) in [6.45, 7) is 4.40. The van der Waals surface area contributed by atoms with Gasteiger partial charge in [-0.2, -0.15) is 0 Å². The summed E-state index contributed by atoms with van der Waals surface area (Å²) >= 11 is 0. The van der Waals surface area contributed by atoms with Crippen LogP contribution < -0.4 is 10.6 Å². The normalized spacial score (nSPS) is 15.9. The summed E-state index contributed by atoms with van der Waals surface area (Å²) in [5.74, 6) is 0.831. The standard InChI is InChI=1S/C22H29N3O2S/c1-3-23-21(25-17-22(14-15-22)19-7-5-4-6-8-19)24-16-13-18-9-11-20(12-10-18)28(2,26)27/h4-12H,3,13-17H2,1-2H3,(H2,23,24,25). The van der Waals surface area contributed by atoms with Gasteiger partial charge in [-0.1, -0.05) is 42.5 Å². The van der Waals surface area contributed by atoms with E-state index in [2.05, 4.69) is 47.9 Å². The third kappa shape index (κ3) is 5.35. The maximum atomic E-state index is 11.5. The van der Waals surface area contributed by atoms with Gasteiger partial charge in [-0.25, -0.2) is 8.42 Å². The van der Waals surface area contributed by atoms with E-state index < -0.39 is 9.84 Å². The molecule has 0 aliphatic heterocycles. The van der Waals surface area contributed by atoms with Crippen molar-refractivity contribution in [3.8, 4) is 0 Å². The first-order chi connectivity index (χ1) is 13.4. The molecule has 2 aromatic carbocycles. The summed E-state index contributed by atoms with van der Waals surface area (Å²) in [5, 5.41) is 6.70. The van der Waals surface area contributed by atoms with Crippen LogP contribution in [0.2, 0.25) is 0 Å². The number of nitrogens with zero attached hydrogens (tertiary/aromatic N) is 1. The van der Waals surface area contributed by atoms with Gasteiger partial charge < -0.3 is 10.6 Å². The van der Waals surface area contributed by atoms with Gasteiger partial charge in [-0.3, -0.25) is 4.99 Å². The van der Waals surface area contributed by atoms with Crippen LogP contribution in [0.1, 0.15) is 30.9 Å². The first-order valence-corrected chi connectivity index (χ1v) is 11.7. The van der Waals surface area contributed by atoms with Crippen LogP contribution in [-0.2, 0) is 21.7 Å². The van der Waals surface area contributed by atoms with Crippen molar-refractivity contribution >= 4 is 15.8 Å². The minimum atomic E-state index is -3.14. The molecule has 28 heavy (non-hydrogen) atoms. The minimum Gasteiger partial charge on any atom is -0.357 e. The minimum absolute atomic E-state index is 0.199. The van der Waals surface area contributed by atoms with Crippen molar-refractivity contribution in [2.75, 3.05) is 25.9 Å². The number of benzene rings is 2. The number of aliphatic imine (C=N–C) groups is 1. The van der Waals surface area contributed by atoms with E-state index in [0.29, 0.717) is 4.90 Å². The van der Waals surface area contributed by atoms with Crippen LogP contribution >= 0.6 is 0 Å². The fourth-order valence-electron chi connectivity index (χ4n) is 3.28. The molecule has 0 heterocycles. The summed E-state index contributed by atoms with van der Waals surface area (Å²) in [5.41, 5.74) is 2.67. The summed E-state index contributed by atoms with van der Waals surface area (Å²) in [6, 6.07) is 17.7. The first-order valence-electron chi connectivity index (χ1n) is 9.80. The molecule has 5 nitrogen and oxygen atoms in total. The van der Waals surface area contributed by atoms with Gasteiger partial charge in [0.05, 0.1) is 11.4 Å². The lowest BCUT2D eigenvalue weighted by molar-refractivity contribution is 0.602. The zero-order chi connectivity index (χ0) is 20.0. The Morgan fingerprint density at radius 2 is 1.71 bits per heavy atom. The van der Waals surface area contributed by atoms with Crippen LogP contribution in [0.15, 0.2) is 64.5 Å². The molecule has 1 saturated carbocycles. The maximum absolute atomic E-state index is 11.5. The fraction of sp³-hybridized carbons (Fsp3) is 0.409. The van der Waals surface area contributed by atoms with E-state index in [1.54, 1.807) is 12.1 Å². The smallest absolute Gasteiger partial charge is 0.191 e.